The summed E-state index contributed by atoms with van der Waals surface area (Å²) in [5.41, 5.74) is 4.79. The molecule has 26 heavy (non-hydrogen) atoms. The van der Waals surface area contributed by atoms with Crippen LogP contribution in [0.3, 0.4) is 0 Å². The minimum atomic E-state index is 0.250. The van der Waals surface area contributed by atoms with Crippen LogP contribution in [0.25, 0.3) is 0 Å². The lowest BCUT2D eigenvalue weighted by Gasteiger charge is -2.38. The summed E-state index contributed by atoms with van der Waals surface area (Å²) in [7, 11) is 7.60. The summed E-state index contributed by atoms with van der Waals surface area (Å²) in [6.45, 7) is 0. The topological polar surface area (TPSA) is 33.7 Å². The smallest absolute Gasteiger partial charge is 0.142 e. The van der Waals surface area contributed by atoms with Crippen LogP contribution in [-0.2, 0) is 0 Å². The first-order valence-corrected chi connectivity index (χ1v) is 9.09. The minimum Gasteiger partial charge on any atom is -0.496 e. The van der Waals surface area contributed by atoms with E-state index in [1.54, 1.807) is 14.2 Å². The van der Waals surface area contributed by atoms with Crippen molar-refractivity contribution in [3.05, 3.63) is 59.7 Å². The van der Waals surface area contributed by atoms with E-state index in [1.807, 2.05) is 12.1 Å². The molecule has 0 bridgehead atoms. The zero-order valence-electron chi connectivity index (χ0n) is 15.8. The number of allylic oxidation sites excluding steroid dienone is 2. The fraction of sp³-hybridized carbons (Fsp3) is 0.364. The van der Waals surface area contributed by atoms with Gasteiger partial charge in [-0.05, 0) is 42.2 Å². The Labute approximate surface area is 155 Å². The highest BCUT2D eigenvalue weighted by molar-refractivity contribution is 5.72. The maximum Gasteiger partial charge on any atom is 0.142 e. The van der Waals surface area contributed by atoms with Crippen LogP contribution in [0.1, 0.15) is 29.5 Å². The lowest BCUT2D eigenvalue weighted by Crippen LogP contribution is -2.29. The molecule has 0 saturated heterocycles. The Bertz CT molecular complexity index is 827. The van der Waals surface area contributed by atoms with Crippen molar-refractivity contribution in [2.24, 2.45) is 5.92 Å². The maximum atomic E-state index is 5.67. The van der Waals surface area contributed by atoms with E-state index in [1.165, 1.54) is 16.8 Å². The molecular formula is C22H26N2O2. The quantitative estimate of drug-likeness (QED) is 0.818. The van der Waals surface area contributed by atoms with Gasteiger partial charge in [0, 0.05) is 31.3 Å². The van der Waals surface area contributed by atoms with Gasteiger partial charge >= 0.3 is 0 Å². The number of nitrogens with one attached hydrogen (secondary N) is 1. The summed E-state index contributed by atoms with van der Waals surface area (Å²) in [6, 6.07) is 13.1. The third kappa shape index (κ3) is 2.61. The van der Waals surface area contributed by atoms with Crippen LogP contribution in [-0.4, -0.2) is 28.3 Å². The molecule has 1 aliphatic heterocycles. The Morgan fingerprint density at radius 2 is 1.65 bits per heavy atom. The van der Waals surface area contributed by atoms with Crippen LogP contribution in [0.15, 0.2) is 48.6 Å². The average Bonchev–Trinajstić information content (AvgIpc) is 3.16. The van der Waals surface area contributed by atoms with Crippen molar-refractivity contribution in [3.8, 4) is 11.5 Å². The van der Waals surface area contributed by atoms with Crippen molar-refractivity contribution in [2.75, 3.05) is 38.5 Å². The number of rotatable bonds is 4. The minimum absolute atomic E-state index is 0.250. The first kappa shape index (κ1) is 16.8. The van der Waals surface area contributed by atoms with Gasteiger partial charge in [0.05, 0.1) is 25.9 Å². The molecule has 0 spiro atoms. The van der Waals surface area contributed by atoms with E-state index in [-0.39, 0.29) is 6.04 Å². The van der Waals surface area contributed by atoms with Gasteiger partial charge in [0.25, 0.3) is 0 Å². The van der Waals surface area contributed by atoms with Crippen LogP contribution < -0.4 is 19.7 Å². The Morgan fingerprint density at radius 3 is 2.31 bits per heavy atom. The second-order valence-corrected chi connectivity index (χ2v) is 7.22. The molecule has 1 aliphatic carbocycles. The van der Waals surface area contributed by atoms with Gasteiger partial charge in [0.15, 0.2) is 0 Å². The molecule has 2 aromatic carbocycles. The SMILES string of the molecule is COc1ccc(OC)c2c1NC(c1ccc(N(C)C)cc1)C1CC=CC21. The van der Waals surface area contributed by atoms with Crippen molar-refractivity contribution in [3.63, 3.8) is 0 Å². The molecule has 2 aliphatic rings. The predicted octanol–water partition coefficient (Wildman–Crippen LogP) is 4.60. The highest BCUT2D eigenvalue weighted by Crippen LogP contribution is 2.55. The van der Waals surface area contributed by atoms with Crippen LogP contribution in [0.2, 0.25) is 0 Å². The van der Waals surface area contributed by atoms with Gasteiger partial charge in [0.2, 0.25) is 0 Å². The van der Waals surface area contributed by atoms with Gasteiger partial charge < -0.3 is 19.7 Å². The summed E-state index contributed by atoms with van der Waals surface area (Å²) in [6.07, 6.45) is 5.69. The lowest BCUT2D eigenvalue weighted by atomic mass is 9.76. The van der Waals surface area contributed by atoms with Crippen molar-refractivity contribution in [1.29, 1.82) is 0 Å². The van der Waals surface area contributed by atoms with Crippen LogP contribution in [0.5, 0.6) is 11.5 Å². The van der Waals surface area contributed by atoms with Gasteiger partial charge in [0.1, 0.15) is 11.5 Å². The van der Waals surface area contributed by atoms with Gasteiger partial charge in [-0.15, -0.1) is 0 Å². The Hall–Kier alpha value is -2.62. The Morgan fingerprint density at radius 1 is 0.962 bits per heavy atom. The van der Waals surface area contributed by atoms with E-state index >= 15 is 0 Å². The summed E-state index contributed by atoms with van der Waals surface area (Å²) >= 11 is 0. The van der Waals surface area contributed by atoms with E-state index in [4.69, 9.17) is 9.47 Å². The maximum absolute atomic E-state index is 5.67. The third-order valence-corrected chi connectivity index (χ3v) is 5.65. The Kier molecular flexibility index (Phi) is 4.27. The van der Waals surface area contributed by atoms with Gasteiger partial charge in [-0.1, -0.05) is 24.3 Å². The zero-order valence-corrected chi connectivity index (χ0v) is 15.8. The van der Waals surface area contributed by atoms with E-state index in [0.29, 0.717) is 11.8 Å². The number of hydrogen-bond donors (Lipinski definition) is 1. The van der Waals surface area contributed by atoms with E-state index in [2.05, 4.69) is 60.7 Å². The molecule has 4 nitrogen and oxygen atoms in total. The van der Waals surface area contributed by atoms with Crippen LogP contribution >= 0.6 is 0 Å². The number of anilines is 2. The zero-order chi connectivity index (χ0) is 18.3. The monoisotopic (exact) mass is 350 g/mol. The van der Waals surface area contributed by atoms with Crippen molar-refractivity contribution >= 4 is 11.4 Å². The molecule has 3 atom stereocenters. The first-order chi connectivity index (χ1) is 12.6. The number of ether oxygens (including phenoxy) is 2. The molecule has 0 fully saturated rings. The molecule has 2 aromatic rings. The molecule has 0 saturated carbocycles. The van der Waals surface area contributed by atoms with Gasteiger partial charge in [-0.25, -0.2) is 0 Å². The Balaban J connectivity index is 1.79. The van der Waals surface area contributed by atoms with Crippen molar-refractivity contribution in [2.45, 2.75) is 18.4 Å². The van der Waals surface area contributed by atoms with E-state index < -0.39 is 0 Å². The van der Waals surface area contributed by atoms with E-state index in [0.717, 1.165) is 23.6 Å². The van der Waals surface area contributed by atoms with Gasteiger partial charge in [-0.2, -0.15) is 0 Å². The number of benzene rings is 2. The number of hydrogen-bond acceptors (Lipinski definition) is 4. The summed E-state index contributed by atoms with van der Waals surface area (Å²) in [5, 5.41) is 3.77. The first-order valence-electron chi connectivity index (χ1n) is 9.09. The summed E-state index contributed by atoms with van der Waals surface area (Å²) in [5.74, 6) is 2.62. The number of fused-ring (bicyclic) bond motifs is 3. The van der Waals surface area contributed by atoms with Gasteiger partial charge in [-0.3, -0.25) is 0 Å². The summed E-state index contributed by atoms with van der Waals surface area (Å²) < 4.78 is 11.3. The highest BCUT2D eigenvalue weighted by atomic mass is 16.5. The molecule has 4 heteroatoms. The predicted molar refractivity (Wildman–Crippen MR) is 107 cm³/mol. The normalized spacial score (nSPS) is 23.0. The largest absolute Gasteiger partial charge is 0.496 e. The van der Waals surface area contributed by atoms with Crippen molar-refractivity contribution in [1.82, 2.24) is 0 Å². The average molecular weight is 350 g/mol. The molecule has 4 rings (SSSR count). The van der Waals surface area contributed by atoms with E-state index in [9.17, 15) is 0 Å². The summed E-state index contributed by atoms with van der Waals surface area (Å²) in [4.78, 5) is 2.13. The number of nitrogens with zero attached hydrogens (tertiary/aromatic N) is 1. The fourth-order valence-corrected chi connectivity index (χ4v) is 4.31. The second kappa shape index (κ2) is 6.60. The molecule has 1 heterocycles. The standard InChI is InChI=1S/C22H26N2O2/c1-24(2)15-10-8-14(9-11-15)21-17-7-5-6-16(17)20-18(25-3)12-13-19(26-4)22(20)23-21/h5-6,8-13,16-17,21,23H,7H2,1-4H3. The fourth-order valence-electron chi connectivity index (χ4n) is 4.31. The highest BCUT2D eigenvalue weighted by Gasteiger charge is 2.40. The molecule has 0 aromatic heterocycles. The van der Waals surface area contributed by atoms with Crippen molar-refractivity contribution < 1.29 is 9.47 Å². The molecule has 136 valence electrons. The molecular weight excluding hydrogens is 324 g/mol. The molecule has 1 N–H and O–H groups in total. The molecule has 3 unspecified atom stereocenters. The lowest BCUT2D eigenvalue weighted by molar-refractivity contribution is 0.370. The molecule has 0 amide bonds. The third-order valence-electron chi connectivity index (χ3n) is 5.65. The number of methoxy groups -OCH3 is 2. The van der Waals surface area contributed by atoms with Crippen LogP contribution in [0, 0.1) is 5.92 Å². The van der Waals surface area contributed by atoms with Crippen LogP contribution in [0.4, 0.5) is 11.4 Å². The molecule has 0 radical (unpaired) electrons. The second-order valence-electron chi connectivity index (χ2n) is 7.22.